The number of amides is 1. The van der Waals surface area contributed by atoms with Gasteiger partial charge in [0.25, 0.3) is 0 Å². The van der Waals surface area contributed by atoms with Crippen LogP contribution in [0.25, 0.3) is 0 Å². The van der Waals surface area contributed by atoms with Crippen LogP contribution >= 0.6 is 23.1 Å². The Balaban J connectivity index is 1.28. The number of thioether (sulfide) groups is 1. The van der Waals surface area contributed by atoms with Crippen LogP contribution in [0, 0.1) is 15.9 Å². The Morgan fingerprint density at radius 1 is 1.03 bits per heavy atom. The van der Waals surface area contributed by atoms with E-state index >= 15 is 0 Å². The molecule has 0 atom stereocenters. The van der Waals surface area contributed by atoms with Gasteiger partial charge in [-0.1, -0.05) is 41.3 Å². The zero-order valence-corrected chi connectivity index (χ0v) is 18.9. The average Bonchev–Trinajstić information content (AvgIpc) is 3.28. The van der Waals surface area contributed by atoms with Gasteiger partial charge >= 0.3 is 5.69 Å². The number of ether oxygens (including phenoxy) is 1. The summed E-state index contributed by atoms with van der Waals surface area (Å²) in [6.45, 7) is 0. The van der Waals surface area contributed by atoms with Gasteiger partial charge in [-0.05, 0) is 48.5 Å². The van der Waals surface area contributed by atoms with Gasteiger partial charge in [-0.25, -0.2) is 0 Å². The predicted molar refractivity (Wildman–Crippen MR) is 129 cm³/mol. The van der Waals surface area contributed by atoms with Crippen molar-refractivity contribution in [3.05, 3.63) is 88.7 Å². The number of halogens is 1. The van der Waals surface area contributed by atoms with Gasteiger partial charge in [-0.3, -0.25) is 14.9 Å². The van der Waals surface area contributed by atoms with E-state index < -0.39 is 22.3 Å². The number of anilines is 3. The van der Waals surface area contributed by atoms with Crippen LogP contribution in [0.5, 0.6) is 11.5 Å². The molecule has 2 N–H and O–H groups in total. The van der Waals surface area contributed by atoms with Crippen molar-refractivity contribution in [2.24, 2.45) is 0 Å². The third-order valence-corrected chi connectivity index (χ3v) is 6.22. The van der Waals surface area contributed by atoms with Gasteiger partial charge in [0, 0.05) is 17.4 Å². The maximum Gasteiger partial charge on any atom is 0.306 e. The number of rotatable bonds is 9. The van der Waals surface area contributed by atoms with Crippen molar-refractivity contribution in [1.29, 1.82) is 0 Å². The molecule has 0 aliphatic carbocycles. The Kier molecular flexibility index (Phi) is 7.30. The summed E-state index contributed by atoms with van der Waals surface area (Å²) in [5.74, 6) is 0.0680. The fourth-order valence-electron chi connectivity index (χ4n) is 2.73. The molecular formula is C22H16FN5O4S2. The lowest BCUT2D eigenvalue weighted by Crippen LogP contribution is -2.14. The maximum absolute atomic E-state index is 13.4. The van der Waals surface area contributed by atoms with E-state index in [0.29, 0.717) is 15.2 Å². The van der Waals surface area contributed by atoms with Crippen LogP contribution in [0.1, 0.15) is 0 Å². The van der Waals surface area contributed by atoms with E-state index in [0.717, 1.165) is 35.3 Å². The van der Waals surface area contributed by atoms with E-state index in [-0.39, 0.29) is 11.4 Å². The molecule has 0 radical (unpaired) electrons. The normalized spacial score (nSPS) is 10.5. The van der Waals surface area contributed by atoms with Gasteiger partial charge in [0.15, 0.2) is 4.34 Å². The summed E-state index contributed by atoms with van der Waals surface area (Å²) >= 11 is 2.43. The van der Waals surface area contributed by atoms with Gasteiger partial charge in [-0.15, -0.1) is 10.2 Å². The monoisotopic (exact) mass is 497 g/mol. The topological polar surface area (TPSA) is 119 Å². The molecule has 1 heterocycles. The predicted octanol–water partition coefficient (Wildman–Crippen LogP) is 5.85. The molecule has 0 aliphatic heterocycles. The van der Waals surface area contributed by atoms with Crippen molar-refractivity contribution in [1.82, 2.24) is 10.2 Å². The van der Waals surface area contributed by atoms with Gasteiger partial charge in [0.2, 0.25) is 16.9 Å². The molecule has 4 rings (SSSR count). The summed E-state index contributed by atoms with van der Waals surface area (Å²) in [6, 6.07) is 20.0. The number of carbonyl (C=O) groups is 1. The first kappa shape index (κ1) is 23.1. The third-order valence-electron chi connectivity index (χ3n) is 4.24. The Morgan fingerprint density at radius 2 is 1.74 bits per heavy atom. The molecule has 12 heteroatoms. The van der Waals surface area contributed by atoms with Crippen molar-refractivity contribution in [3.63, 3.8) is 0 Å². The molecule has 34 heavy (non-hydrogen) atoms. The summed E-state index contributed by atoms with van der Waals surface area (Å²) in [7, 11) is 0. The molecule has 1 amide bonds. The van der Waals surface area contributed by atoms with Crippen LogP contribution in [0.15, 0.2) is 77.1 Å². The maximum atomic E-state index is 13.4. The molecule has 0 saturated carbocycles. The summed E-state index contributed by atoms with van der Waals surface area (Å²) in [5.41, 5.74) is 0.228. The van der Waals surface area contributed by atoms with Gasteiger partial charge in [-0.2, -0.15) is 4.39 Å². The van der Waals surface area contributed by atoms with E-state index in [1.165, 1.54) is 17.4 Å². The number of hydrogen-bond acceptors (Lipinski definition) is 9. The fourth-order valence-corrected chi connectivity index (χ4v) is 4.30. The average molecular weight is 498 g/mol. The molecule has 0 fully saturated rings. The highest BCUT2D eigenvalue weighted by Crippen LogP contribution is 2.29. The quantitative estimate of drug-likeness (QED) is 0.168. The summed E-state index contributed by atoms with van der Waals surface area (Å²) in [5, 5.41) is 25.1. The minimum Gasteiger partial charge on any atom is -0.457 e. The highest BCUT2D eigenvalue weighted by molar-refractivity contribution is 8.01. The second-order valence-corrected chi connectivity index (χ2v) is 8.90. The Bertz CT molecular complexity index is 1300. The zero-order valence-electron chi connectivity index (χ0n) is 17.3. The highest BCUT2D eigenvalue weighted by Gasteiger charge is 2.16. The van der Waals surface area contributed by atoms with Gasteiger partial charge in [0.05, 0.1) is 10.7 Å². The number of nitro benzene ring substituents is 1. The lowest BCUT2D eigenvalue weighted by atomic mass is 10.2. The van der Waals surface area contributed by atoms with E-state index in [2.05, 4.69) is 20.8 Å². The first-order valence-electron chi connectivity index (χ1n) is 9.76. The largest absolute Gasteiger partial charge is 0.457 e. The van der Waals surface area contributed by atoms with Crippen molar-refractivity contribution in [3.8, 4) is 11.5 Å². The molecule has 0 spiro atoms. The third kappa shape index (κ3) is 6.27. The van der Waals surface area contributed by atoms with Gasteiger partial charge < -0.3 is 15.4 Å². The van der Waals surface area contributed by atoms with Crippen LogP contribution in [-0.4, -0.2) is 26.8 Å². The number of nitro groups is 1. The number of hydrogen-bond donors (Lipinski definition) is 2. The van der Waals surface area contributed by atoms with E-state index in [1.807, 2.05) is 54.6 Å². The van der Waals surface area contributed by atoms with Crippen LogP contribution in [0.4, 0.5) is 26.6 Å². The number of nitrogens with one attached hydrogen (secondary N) is 2. The summed E-state index contributed by atoms with van der Waals surface area (Å²) < 4.78 is 19.7. The van der Waals surface area contributed by atoms with E-state index in [9.17, 15) is 19.3 Å². The highest BCUT2D eigenvalue weighted by atomic mass is 32.2. The fraction of sp³-hybridized carbons (Fsp3) is 0.0455. The van der Waals surface area contributed by atoms with Crippen molar-refractivity contribution in [2.75, 3.05) is 16.4 Å². The first-order chi connectivity index (χ1) is 16.5. The van der Waals surface area contributed by atoms with Crippen molar-refractivity contribution >= 4 is 51.2 Å². The minimum atomic E-state index is -0.968. The van der Waals surface area contributed by atoms with E-state index in [4.69, 9.17) is 4.74 Å². The molecule has 0 bridgehead atoms. The number of aromatic nitrogens is 2. The Hall–Kier alpha value is -4.03. The van der Waals surface area contributed by atoms with Crippen LogP contribution in [0.3, 0.4) is 0 Å². The molecule has 0 aliphatic rings. The first-order valence-corrected chi connectivity index (χ1v) is 11.6. The van der Waals surface area contributed by atoms with Crippen molar-refractivity contribution in [2.45, 2.75) is 4.34 Å². The zero-order chi connectivity index (χ0) is 23.9. The molecule has 0 unspecified atom stereocenters. The van der Waals surface area contributed by atoms with E-state index in [1.54, 1.807) is 0 Å². The number of carbonyl (C=O) groups excluding carboxylic acids is 1. The van der Waals surface area contributed by atoms with Gasteiger partial charge in [0.1, 0.15) is 11.5 Å². The Labute approximate surface area is 201 Å². The van der Waals surface area contributed by atoms with Crippen molar-refractivity contribution < 1.29 is 18.8 Å². The molecule has 9 nitrogen and oxygen atoms in total. The molecule has 172 valence electrons. The van der Waals surface area contributed by atoms with Crippen LogP contribution < -0.4 is 15.4 Å². The molecule has 4 aromatic rings. The van der Waals surface area contributed by atoms with Crippen LogP contribution in [0.2, 0.25) is 0 Å². The number of para-hydroxylation sites is 1. The summed E-state index contributed by atoms with van der Waals surface area (Å²) in [6.07, 6.45) is 0. The second-order valence-electron chi connectivity index (χ2n) is 6.70. The molecule has 1 aromatic heterocycles. The van der Waals surface area contributed by atoms with Crippen LogP contribution in [-0.2, 0) is 4.79 Å². The lowest BCUT2D eigenvalue weighted by molar-refractivity contribution is -0.387. The molecular weight excluding hydrogens is 481 g/mol. The minimum absolute atomic E-state index is 0.00529. The smallest absolute Gasteiger partial charge is 0.306 e. The number of nitrogens with zero attached hydrogens (tertiary/aromatic N) is 3. The standard InChI is InChI=1S/C22H16FN5O4S2/c23-18-11-8-15(12-19(18)28(30)31)24-20(29)13-33-22-27-26-21(34-22)25-14-6-9-17(10-7-14)32-16-4-2-1-3-5-16/h1-12H,13H2,(H,24,29)(H,25,26). The lowest BCUT2D eigenvalue weighted by Gasteiger charge is -2.07. The summed E-state index contributed by atoms with van der Waals surface area (Å²) in [4.78, 5) is 22.1. The number of benzene rings is 3. The SMILES string of the molecule is O=C(CSc1nnc(Nc2ccc(Oc3ccccc3)cc2)s1)Nc1ccc(F)c([N+](=O)[O-])c1. The molecule has 3 aromatic carbocycles. The molecule has 0 saturated heterocycles. The second kappa shape index (κ2) is 10.7. The Morgan fingerprint density at radius 3 is 2.47 bits per heavy atom.